The van der Waals surface area contributed by atoms with Crippen molar-refractivity contribution in [2.75, 3.05) is 0 Å². The molecule has 1 aromatic heterocycles. The van der Waals surface area contributed by atoms with Gasteiger partial charge in [-0.1, -0.05) is 37.3 Å². The molecule has 0 saturated heterocycles. The Morgan fingerprint density at radius 3 is 2.85 bits per heavy atom. The highest BCUT2D eigenvalue weighted by atomic mass is 35.5. The molecule has 0 bridgehead atoms. The lowest BCUT2D eigenvalue weighted by molar-refractivity contribution is 0.555. The number of fused-ring (bicyclic) bond motifs is 1. The summed E-state index contributed by atoms with van der Waals surface area (Å²) in [4.78, 5) is 13.8. The molecule has 0 saturated carbocycles. The van der Waals surface area contributed by atoms with Crippen LogP contribution in [0.2, 0.25) is 0 Å². The molecule has 0 aliphatic heterocycles. The van der Waals surface area contributed by atoms with Crippen LogP contribution in [0, 0.1) is 0 Å². The van der Waals surface area contributed by atoms with Gasteiger partial charge in [0.15, 0.2) is 5.58 Å². The average molecular weight is 288 g/mol. The Bertz CT molecular complexity index is 803. The molecule has 3 rings (SSSR count). The molecule has 0 aliphatic rings. The van der Waals surface area contributed by atoms with Crippen LogP contribution in [0.4, 0.5) is 0 Å². The quantitative estimate of drug-likeness (QED) is 0.740. The molecule has 102 valence electrons. The molecule has 0 amide bonds. The van der Waals surface area contributed by atoms with Gasteiger partial charge in [-0.25, -0.2) is 4.79 Å². The lowest BCUT2D eigenvalue weighted by Crippen LogP contribution is -1.98. The van der Waals surface area contributed by atoms with Crippen LogP contribution < -0.4 is 5.76 Å². The molecule has 1 unspecified atom stereocenters. The molecular weight excluding hydrogens is 274 g/mol. The first kappa shape index (κ1) is 13.0. The number of aromatic amines is 1. The van der Waals surface area contributed by atoms with Crippen LogP contribution in [0.15, 0.2) is 51.7 Å². The summed E-state index contributed by atoms with van der Waals surface area (Å²) in [7, 11) is 0. The highest BCUT2D eigenvalue weighted by Crippen LogP contribution is 2.32. The number of halogens is 1. The summed E-state index contributed by atoms with van der Waals surface area (Å²) >= 11 is 6.59. The second-order valence-electron chi connectivity index (χ2n) is 4.69. The molecule has 3 aromatic rings. The normalized spacial score (nSPS) is 12.7. The minimum Gasteiger partial charge on any atom is -0.408 e. The zero-order valence-corrected chi connectivity index (χ0v) is 11.8. The molecule has 0 fully saturated rings. The van der Waals surface area contributed by atoms with Crippen LogP contribution in [-0.2, 0) is 6.42 Å². The van der Waals surface area contributed by atoms with Crippen LogP contribution in [0.1, 0.15) is 29.0 Å². The van der Waals surface area contributed by atoms with E-state index in [1.165, 1.54) is 5.56 Å². The predicted octanol–water partition coefficient (Wildman–Crippen LogP) is 4.01. The van der Waals surface area contributed by atoms with Crippen LogP contribution >= 0.6 is 11.6 Å². The highest BCUT2D eigenvalue weighted by Gasteiger charge is 2.15. The topological polar surface area (TPSA) is 46.0 Å². The highest BCUT2D eigenvalue weighted by molar-refractivity contribution is 6.22. The lowest BCUT2D eigenvalue weighted by atomic mass is 9.98. The van der Waals surface area contributed by atoms with Gasteiger partial charge in [-0.15, -0.1) is 11.6 Å². The van der Waals surface area contributed by atoms with E-state index in [0.29, 0.717) is 11.1 Å². The smallest absolute Gasteiger partial charge is 0.408 e. The molecule has 0 aliphatic carbocycles. The summed E-state index contributed by atoms with van der Waals surface area (Å²) in [6.45, 7) is 2.11. The van der Waals surface area contributed by atoms with E-state index in [9.17, 15) is 4.79 Å². The third-order valence-electron chi connectivity index (χ3n) is 3.45. The number of hydrogen-bond acceptors (Lipinski definition) is 2. The van der Waals surface area contributed by atoms with E-state index >= 15 is 0 Å². The SMILES string of the molecule is CCc1ccccc1C(Cl)c1ccc2[nH]c(=O)oc2c1. The molecule has 20 heavy (non-hydrogen) atoms. The Balaban J connectivity index is 2.07. The zero-order valence-electron chi connectivity index (χ0n) is 11.0. The van der Waals surface area contributed by atoms with Crippen LogP contribution in [0.5, 0.6) is 0 Å². The Hall–Kier alpha value is -2.00. The van der Waals surface area contributed by atoms with E-state index in [-0.39, 0.29) is 5.38 Å². The van der Waals surface area contributed by atoms with E-state index < -0.39 is 5.76 Å². The Labute approximate surface area is 121 Å². The number of rotatable bonds is 3. The average Bonchev–Trinajstić information content (AvgIpc) is 2.85. The van der Waals surface area contributed by atoms with Crippen molar-refractivity contribution in [1.29, 1.82) is 0 Å². The number of alkyl halides is 1. The summed E-state index contributed by atoms with van der Waals surface area (Å²) in [5.74, 6) is -0.447. The standard InChI is InChI=1S/C16H14ClNO2/c1-2-10-5-3-4-6-12(10)15(17)11-7-8-13-14(9-11)20-16(19)18-13/h3-9,15H,2H2,1H3,(H,18,19). The fourth-order valence-electron chi connectivity index (χ4n) is 2.40. The summed E-state index contributed by atoms with van der Waals surface area (Å²) in [5, 5.41) is -0.254. The maximum absolute atomic E-state index is 11.2. The van der Waals surface area contributed by atoms with Crippen molar-refractivity contribution >= 4 is 22.7 Å². The second kappa shape index (κ2) is 5.17. The molecule has 4 heteroatoms. The first-order valence-electron chi connectivity index (χ1n) is 6.53. The van der Waals surface area contributed by atoms with Crippen molar-refractivity contribution in [3.8, 4) is 0 Å². The summed E-state index contributed by atoms with van der Waals surface area (Å²) in [6.07, 6.45) is 0.931. The molecule has 1 N–H and O–H groups in total. The molecule has 0 radical (unpaired) electrons. The largest absolute Gasteiger partial charge is 0.417 e. The van der Waals surface area contributed by atoms with E-state index in [0.717, 1.165) is 17.5 Å². The van der Waals surface area contributed by atoms with Gasteiger partial charge in [0, 0.05) is 0 Å². The molecule has 1 atom stereocenters. The van der Waals surface area contributed by atoms with Crippen molar-refractivity contribution in [2.24, 2.45) is 0 Å². The number of benzene rings is 2. The zero-order chi connectivity index (χ0) is 14.1. The van der Waals surface area contributed by atoms with Gasteiger partial charge < -0.3 is 4.42 Å². The van der Waals surface area contributed by atoms with Gasteiger partial charge >= 0.3 is 5.76 Å². The van der Waals surface area contributed by atoms with E-state index in [1.807, 2.05) is 36.4 Å². The number of oxazole rings is 1. The number of aromatic nitrogens is 1. The van der Waals surface area contributed by atoms with Gasteiger partial charge in [-0.2, -0.15) is 0 Å². The summed E-state index contributed by atoms with van der Waals surface area (Å²) in [6, 6.07) is 13.7. The maximum atomic E-state index is 11.2. The van der Waals surface area contributed by atoms with E-state index in [4.69, 9.17) is 16.0 Å². The van der Waals surface area contributed by atoms with Crippen LogP contribution in [0.25, 0.3) is 11.1 Å². The first-order chi connectivity index (χ1) is 9.69. The van der Waals surface area contributed by atoms with Crippen molar-refractivity contribution in [1.82, 2.24) is 4.98 Å². The van der Waals surface area contributed by atoms with Crippen molar-refractivity contribution in [3.63, 3.8) is 0 Å². The third kappa shape index (κ3) is 2.25. The van der Waals surface area contributed by atoms with Gasteiger partial charge in [0.25, 0.3) is 0 Å². The third-order valence-corrected chi connectivity index (χ3v) is 3.93. The Morgan fingerprint density at radius 2 is 2.05 bits per heavy atom. The van der Waals surface area contributed by atoms with Crippen molar-refractivity contribution < 1.29 is 4.42 Å². The Morgan fingerprint density at radius 1 is 1.25 bits per heavy atom. The lowest BCUT2D eigenvalue weighted by Gasteiger charge is -2.14. The summed E-state index contributed by atoms with van der Waals surface area (Å²) in [5.41, 5.74) is 4.46. The number of aryl methyl sites for hydroxylation is 1. The van der Waals surface area contributed by atoms with Gasteiger partial charge in [0.05, 0.1) is 10.9 Å². The molecular formula is C16H14ClNO2. The minimum absolute atomic E-state index is 0.254. The number of nitrogens with one attached hydrogen (secondary N) is 1. The minimum atomic E-state index is -0.447. The van der Waals surface area contributed by atoms with Gasteiger partial charge in [-0.3, -0.25) is 4.98 Å². The summed E-state index contributed by atoms with van der Waals surface area (Å²) < 4.78 is 5.08. The fraction of sp³-hybridized carbons (Fsp3) is 0.188. The van der Waals surface area contributed by atoms with E-state index in [2.05, 4.69) is 18.0 Å². The molecule has 2 aromatic carbocycles. The maximum Gasteiger partial charge on any atom is 0.417 e. The number of H-pyrrole nitrogens is 1. The Kier molecular flexibility index (Phi) is 3.36. The van der Waals surface area contributed by atoms with Crippen molar-refractivity contribution in [3.05, 3.63) is 69.7 Å². The van der Waals surface area contributed by atoms with Crippen LogP contribution in [0.3, 0.4) is 0 Å². The van der Waals surface area contributed by atoms with Crippen molar-refractivity contribution in [2.45, 2.75) is 18.7 Å². The first-order valence-corrected chi connectivity index (χ1v) is 6.97. The number of hydrogen-bond donors (Lipinski definition) is 1. The predicted molar refractivity (Wildman–Crippen MR) is 80.4 cm³/mol. The van der Waals surface area contributed by atoms with Gasteiger partial charge in [-0.05, 0) is 35.2 Å². The van der Waals surface area contributed by atoms with Gasteiger partial charge in [0.2, 0.25) is 0 Å². The fourth-order valence-corrected chi connectivity index (χ4v) is 2.75. The molecule has 3 nitrogen and oxygen atoms in total. The monoisotopic (exact) mass is 287 g/mol. The van der Waals surface area contributed by atoms with Gasteiger partial charge in [0.1, 0.15) is 0 Å². The molecule has 1 heterocycles. The van der Waals surface area contributed by atoms with E-state index in [1.54, 1.807) is 0 Å². The van der Waals surface area contributed by atoms with Crippen LogP contribution in [-0.4, -0.2) is 4.98 Å². The second-order valence-corrected chi connectivity index (χ2v) is 5.12. The molecule has 0 spiro atoms.